The van der Waals surface area contributed by atoms with Crippen molar-refractivity contribution in [2.24, 2.45) is 11.8 Å². The molecule has 0 aromatic carbocycles. The second-order valence-corrected chi connectivity index (χ2v) is 13.3. The summed E-state index contributed by atoms with van der Waals surface area (Å²) in [6.45, 7) is 2.21. The lowest BCUT2D eigenvalue weighted by molar-refractivity contribution is -0.362. The summed E-state index contributed by atoms with van der Waals surface area (Å²) >= 11 is 0. The van der Waals surface area contributed by atoms with E-state index >= 15 is 0 Å². The molecular weight excluding hydrogens is 604 g/mol. The molecule has 3 aliphatic heterocycles. The predicted molar refractivity (Wildman–Crippen MR) is 148 cm³/mol. The minimum Gasteiger partial charge on any atom is -0.457 e. The molecule has 16 heteroatoms. The van der Waals surface area contributed by atoms with E-state index in [1.54, 1.807) is 0 Å². The Morgan fingerprint density at radius 3 is 2.18 bits per heavy atom. The number of esters is 1. The van der Waals surface area contributed by atoms with Crippen LogP contribution < -0.4 is 0 Å². The maximum atomic E-state index is 11.4. The van der Waals surface area contributed by atoms with E-state index in [-0.39, 0.29) is 37.2 Å². The summed E-state index contributed by atoms with van der Waals surface area (Å²) in [5.74, 6) is -1.23. The van der Waals surface area contributed by atoms with Crippen molar-refractivity contribution < 1.29 is 79.2 Å². The summed E-state index contributed by atoms with van der Waals surface area (Å²) in [6, 6.07) is 0. The molecule has 10 N–H and O–H groups in total. The number of fused-ring (bicyclic) bond motifs is 1. The lowest BCUT2D eigenvalue weighted by atomic mass is 9.72. The number of aliphatic hydroxyl groups excluding tert-OH is 9. The van der Waals surface area contributed by atoms with Crippen molar-refractivity contribution in [2.45, 2.75) is 157 Å². The average Bonchev–Trinajstić information content (AvgIpc) is 2.98. The van der Waals surface area contributed by atoms with Crippen molar-refractivity contribution in [3.63, 3.8) is 0 Å². The molecule has 0 spiro atoms. The molecule has 45 heavy (non-hydrogen) atoms. The molecule has 3 saturated heterocycles. The highest BCUT2D eigenvalue weighted by Crippen LogP contribution is 2.42. The molecule has 9 unspecified atom stereocenters. The Morgan fingerprint density at radius 2 is 1.49 bits per heavy atom. The van der Waals surface area contributed by atoms with Crippen molar-refractivity contribution in [3.05, 3.63) is 0 Å². The van der Waals surface area contributed by atoms with Crippen LogP contribution in [-0.2, 0) is 28.5 Å². The van der Waals surface area contributed by atoms with Gasteiger partial charge in [-0.05, 0) is 32.6 Å². The number of hydrogen-bond donors (Lipinski definition) is 9. The van der Waals surface area contributed by atoms with Gasteiger partial charge in [0.15, 0.2) is 30.9 Å². The SMILES string of the molecule is CC(=O)O[C@@H]1[C@@H](O)[C@@H](O)[C@H](OC[C@H]2O[C@@H](OC3CC4C(O)CC(O)CC4[OH+]C3C3CCC(O)C(O)C3)[C@H](O)[C@@H](O)[C@@H]2O)O[C@H]1C. The maximum absolute atomic E-state index is 11.4. The first-order chi connectivity index (χ1) is 21.2. The molecule has 0 bridgehead atoms. The highest BCUT2D eigenvalue weighted by molar-refractivity contribution is 5.66. The number of ether oxygens (including phenoxy) is 6. The highest BCUT2D eigenvalue weighted by Gasteiger charge is 2.55. The third-order valence-corrected chi connectivity index (χ3v) is 10.1. The Bertz CT molecular complexity index is 988. The second kappa shape index (κ2) is 14.6. The second-order valence-electron chi connectivity index (χ2n) is 13.3. The zero-order valence-electron chi connectivity index (χ0n) is 25.3. The van der Waals surface area contributed by atoms with Gasteiger partial charge in [0.1, 0.15) is 42.7 Å². The van der Waals surface area contributed by atoms with E-state index < -0.39 is 111 Å². The van der Waals surface area contributed by atoms with Crippen LogP contribution in [0.5, 0.6) is 0 Å². The van der Waals surface area contributed by atoms with Gasteiger partial charge in [0, 0.05) is 25.7 Å². The van der Waals surface area contributed by atoms with E-state index in [9.17, 15) is 50.8 Å². The van der Waals surface area contributed by atoms with Crippen LogP contribution in [0.2, 0.25) is 0 Å². The molecule has 260 valence electrons. The van der Waals surface area contributed by atoms with Gasteiger partial charge in [0.05, 0.1) is 43.0 Å². The van der Waals surface area contributed by atoms with Crippen LogP contribution in [0.3, 0.4) is 0 Å². The lowest BCUT2D eigenvalue weighted by Gasteiger charge is -2.48. The molecule has 0 amide bonds. The van der Waals surface area contributed by atoms with Gasteiger partial charge in [-0.2, -0.15) is 0 Å². The minimum absolute atomic E-state index is 0.180. The number of carbonyl (C=O) groups is 1. The van der Waals surface area contributed by atoms with Crippen LogP contribution in [-0.4, -0.2) is 167 Å². The van der Waals surface area contributed by atoms with E-state index in [0.29, 0.717) is 19.3 Å². The number of carbonyl (C=O) groups excluding carboxylic acids is 1. The summed E-state index contributed by atoms with van der Waals surface area (Å²) in [5, 5.41) is 94.8. The summed E-state index contributed by atoms with van der Waals surface area (Å²) < 4.78 is 33.3. The third-order valence-electron chi connectivity index (χ3n) is 10.1. The highest BCUT2D eigenvalue weighted by atomic mass is 16.7. The Labute approximate surface area is 260 Å². The van der Waals surface area contributed by atoms with Crippen LogP contribution in [0.4, 0.5) is 0 Å². The van der Waals surface area contributed by atoms with Crippen molar-refractivity contribution in [2.75, 3.05) is 6.61 Å². The fourth-order valence-corrected chi connectivity index (χ4v) is 7.53. The molecule has 2 saturated carbocycles. The Kier molecular flexibility index (Phi) is 11.4. The normalized spacial score (nSPS) is 52.6. The molecule has 2 aliphatic carbocycles. The molecule has 5 aliphatic rings. The number of aliphatic hydroxyl groups is 11. The molecular formula is C29H49O16+. The third kappa shape index (κ3) is 7.65. The van der Waals surface area contributed by atoms with E-state index in [4.69, 9.17) is 28.4 Å². The smallest absolute Gasteiger partial charge is 0.303 e. The van der Waals surface area contributed by atoms with Crippen LogP contribution in [0.1, 0.15) is 52.4 Å². The molecule has 16 nitrogen and oxygen atoms in total. The molecule has 5 rings (SSSR count). The van der Waals surface area contributed by atoms with Gasteiger partial charge < -0.3 is 74.4 Å². The van der Waals surface area contributed by atoms with E-state index in [1.807, 2.05) is 0 Å². The predicted octanol–water partition coefficient (Wildman–Crippen LogP) is -4.08. The molecule has 0 aromatic rings. The zero-order chi connectivity index (χ0) is 32.7. The van der Waals surface area contributed by atoms with Gasteiger partial charge in [-0.3, -0.25) is 4.79 Å². The molecule has 19 atom stereocenters. The van der Waals surface area contributed by atoms with Crippen molar-refractivity contribution >= 4 is 5.97 Å². The largest absolute Gasteiger partial charge is 0.457 e. The van der Waals surface area contributed by atoms with Gasteiger partial charge in [-0.25, -0.2) is 0 Å². The molecule has 3 heterocycles. The first-order valence-corrected chi connectivity index (χ1v) is 15.8. The van der Waals surface area contributed by atoms with Crippen LogP contribution >= 0.6 is 0 Å². The van der Waals surface area contributed by atoms with E-state index in [1.165, 1.54) is 6.92 Å². The fourth-order valence-electron chi connectivity index (χ4n) is 7.53. The summed E-state index contributed by atoms with van der Waals surface area (Å²) in [4.78, 5) is 11.4. The molecule has 0 aromatic heterocycles. The van der Waals surface area contributed by atoms with Gasteiger partial charge in [-0.15, -0.1) is 0 Å². The van der Waals surface area contributed by atoms with E-state index in [2.05, 4.69) is 0 Å². The Morgan fingerprint density at radius 1 is 0.778 bits per heavy atom. The zero-order valence-corrected chi connectivity index (χ0v) is 25.3. The Hall–Kier alpha value is -1.09. The average molecular weight is 654 g/mol. The first kappa shape index (κ1) is 35.2. The number of hydrogen-bond acceptors (Lipinski definition) is 15. The number of rotatable bonds is 7. The first-order valence-electron chi connectivity index (χ1n) is 15.8. The molecule has 0 radical (unpaired) electrons. The fraction of sp³-hybridized carbons (Fsp3) is 0.966. The van der Waals surface area contributed by atoms with Crippen LogP contribution in [0.25, 0.3) is 0 Å². The van der Waals surface area contributed by atoms with Crippen molar-refractivity contribution in [3.8, 4) is 0 Å². The van der Waals surface area contributed by atoms with Crippen LogP contribution in [0, 0.1) is 11.8 Å². The van der Waals surface area contributed by atoms with Crippen molar-refractivity contribution in [1.29, 1.82) is 0 Å². The van der Waals surface area contributed by atoms with Gasteiger partial charge in [0.2, 0.25) is 0 Å². The Balaban J connectivity index is 1.27. The molecule has 5 fully saturated rings. The monoisotopic (exact) mass is 653 g/mol. The van der Waals surface area contributed by atoms with Crippen LogP contribution in [0.15, 0.2) is 0 Å². The summed E-state index contributed by atoms with van der Waals surface area (Å²) in [6.07, 6.45) is -17.4. The summed E-state index contributed by atoms with van der Waals surface area (Å²) in [7, 11) is 0. The van der Waals surface area contributed by atoms with Gasteiger partial charge >= 0.3 is 5.97 Å². The van der Waals surface area contributed by atoms with Gasteiger partial charge in [-0.1, -0.05) is 0 Å². The topological polar surface area (TPSA) is 258 Å². The van der Waals surface area contributed by atoms with Crippen molar-refractivity contribution in [1.82, 2.24) is 0 Å². The maximum Gasteiger partial charge on any atom is 0.303 e. The minimum atomic E-state index is -1.72. The standard InChI is InChI=1S/C29H48O16/c1-10-26(42-11(2)30)23(37)25(39)28(41-10)40-9-20-21(35)22(36)24(38)29(45-20)44-19-8-14-16(33)6-13(31)7-18(14)43-27(19)12-3-4-15(32)17(34)5-12/h10,12-29,31-39H,3-9H2,1-2H3/p+1/t10-,12?,13?,14?,15?,16?,17?,18?,19?,20+,21+,22-,23-,24+,25+,26-,27?,28+,29+/m0/s1. The lowest BCUT2D eigenvalue weighted by Crippen LogP contribution is -2.63. The quantitative estimate of drug-likeness (QED) is 0.0935. The van der Waals surface area contributed by atoms with Gasteiger partial charge in [0.25, 0.3) is 0 Å². The van der Waals surface area contributed by atoms with E-state index in [0.717, 1.165) is 6.92 Å². The summed E-state index contributed by atoms with van der Waals surface area (Å²) in [5.41, 5.74) is 0.